The van der Waals surface area contributed by atoms with E-state index in [1.807, 2.05) is 0 Å². The fourth-order valence-electron chi connectivity index (χ4n) is 2.03. The summed E-state index contributed by atoms with van der Waals surface area (Å²) in [5.74, 6) is -0.190. The van der Waals surface area contributed by atoms with Crippen molar-refractivity contribution in [2.24, 2.45) is 11.0 Å². The van der Waals surface area contributed by atoms with Crippen molar-refractivity contribution in [2.75, 3.05) is 18.6 Å². The number of sulfone groups is 1. The van der Waals surface area contributed by atoms with E-state index in [1.165, 1.54) is 6.21 Å². The molecule has 1 aromatic rings. The van der Waals surface area contributed by atoms with Crippen molar-refractivity contribution in [2.45, 2.75) is 6.42 Å². The maximum Gasteiger partial charge on any atom is 0.244 e. The Bertz CT molecular complexity index is 673. The van der Waals surface area contributed by atoms with Gasteiger partial charge < -0.3 is 4.74 Å². The average molecular weight is 375 g/mol. The van der Waals surface area contributed by atoms with E-state index in [-0.39, 0.29) is 17.4 Å². The molecule has 2 rings (SSSR count). The van der Waals surface area contributed by atoms with Crippen molar-refractivity contribution >= 4 is 37.9 Å². The van der Waals surface area contributed by atoms with E-state index in [0.29, 0.717) is 12.2 Å². The van der Waals surface area contributed by atoms with Crippen LogP contribution in [0.1, 0.15) is 12.0 Å². The molecule has 1 atom stereocenters. The van der Waals surface area contributed by atoms with E-state index in [9.17, 15) is 13.2 Å². The number of nitrogens with one attached hydrogen (secondary N) is 1. The SMILES string of the molecule is COc1ccc(/C=N\NC(=O)[C@@H]2CCS(=O)(=O)C2)cc1Br. The number of hydrazone groups is 1. The van der Waals surface area contributed by atoms with Crippen LogP contribution in [-0.4, -0.2) is 39.2 Å². The number of hydrogen-bond donors (Lipinski definition) is 1. The lowest BCUT2D eigenvalue weighted by Crippen LogP contribution is -2.27. The van der Waals surface area contributed by atoms with Crippen LogP contribution in [-0.2, 0) is 14.6 Å². The molecule has 0 saturated carbocycles. The lowest BCUT2D eigenvalue weighted by Gasteiger charge is -2.05. The van der Waals surface area contributed by atoms with Gasteiger partial charge in [-0.1, -0.05) is 0 Å². The van der Waals surface area contributed by atoms with Crippen LogP contribution < -0.4 is 10.2 Å². The Morgan fingerprint density at radius 3 is 2.86 bits per heavy atom. The standard InChI is InChI=1S/C13H15BrN2O4S/c1-20-12-3-2-9(6-11(12)14)7-15-16-13(17)10-4-5-21(18,19)8-10/h2-3,6-7,10H,4-5,8H2,1H3,(H,16,17)/b15-7-/t10-/m1/s1. The highest BCUT2D eigenvalue weighted by Gasteiger charge is 2.32. The first kappa shape index (κ1) is 16.0. The highest BCUT2D eigenvalue weighted by atomic mass is 79.9. The molecule has 1 aliphatic heterocycles. The first-order chi connectivity index (χ1) is 9.91. The molecule has 1 aliphatic rings. The summed E-state index contributed by atoms with van der Waals surface area (Å²) in [6.45, 7) is 0. The molecule has 1 heterocycles. The maximum atomic E-state index is 11.8. The Hall–Kier alpha value is -1.41. The smallest absolute Gasteiger partial charge is 0.244 e. The molecule has 1 aromatic carbocycles. The maximum absolute atomic E-state index is 11.8. The van der Waals surface area contributed by atoms with Crippen LogP contribution in [0.25, 0.3) is 0 Å². The first-order valence-electron chi connectivity index (χ1n) is 6.28. The summed E-state index contributed by atoms with van der Waals surface area (Å²) >= 11 is 3.35. The molecule has 0 unspecified atom stereocenters. The van der Waals surface area contributed by atoms with Gasteiger partial charge in [-0.2, -0.15) is 5.10 Å². The number of benzene rings is 1. The van der Waals surface area contributed by atoms with Gasteiger partial charge in [0.2, 0.25) is 5.91 Å². The number of carbonyl (C=O) groups is 1. The Kier molecular flexibility index (Phi) is 5.00. The zero-order valence-electron chi connectivity index (χ0n) is 11.4. The second kappa shape index (κ2) is 6.57. The van der Waals surface area contributed by atoms with Gasteiger partial charge in [0.1, 0.15) is 5.75 Å². The van der Waals surface area contributed by atoms with Gasteiger partial charge in [-0.25, -0.2) is 13.8 Å². The third-order valence-corrected chi connectivity index (χ3v) is 5.56. The summed E-state index contributed by atoms with van der Waals surface area (Å²) in [7, 11) is -1.49. The number of nitrogens with zero attached hydrogens (tertiary/aromatic N) is 1. The zero-order valence-corrected chi connectivity index (χ0v) is 13.8. The third-order valence-electron chi connectivity index (χ3n) is 3.17. The Morgan fingerprint density at radius 1 is 1.52 bits per heavy atom. The summed E-state index contributed by atoms with van der Waals surface area (Å²) in [5, 5.41) is 3.85. The molecule has 0 aromatic heterocycles. The molecule has 1 N–H and O–H groups in total. The lowest BCUT2D eigenvalue weighted by molar-refractivity contribution is -0.124. The number of methoxy groups -OCH3 is 1. The highest BCUT2D eigenvalue weighted by molar-refractivity contribution is 9.10. The molecular formula is C13H15BrN2O4S. The largest absolute Gasteiger partial charge is 0.496 e. The van der Waals surface area contributed by atoms with Crippen molar-refractivity contribution in [3.05, 3.63) is 28.2 Å². The predicted molar refractivity (Wildman–Crippen MR) is 83.2 cm³/mol. The molecule has 21 heavy (non-hydrogen) atoms. The average Bonchev–Trinajstić information content (AvgIpc) is 2.79. The highest BCUT2D eigenvalue weighted by Crippen LogP contribution is 2.24. The van der Waals surface area contributed by atoms with E-state index < -0.39 is 15.8 Å². The van der Waals surface area contributed by atoms with Crippen LogP contribution in [0.5, 0.6) is 5.75 Å². The molecule has 0 radical (unpaired) electrons. The number of hydrogen-bond acceptors (Lipinski definition) is 5. The van der Waals surface area contributed by atoms with Gasteiger partial charge >= 0.3 is 0 Å². The zero-order chi connectivity index (χ0) is 15.5. The first-order valence-corrected chi connectivity index (χ1v) is 8.89. The molecule has 6 nitrogen and oxygen atoms in total. The lowest BCUT2D eigenvalue weighted by atomic mass is 10.1. The van der Waals surface area contributed by atoms with Crippen molar-refractivity contribution < 1.29 is 17.9 Å². The minimum absolute atomic E-state index is 0.0697. The van der Waals surface area contributed by atoms with Gasteiger partial charge in [-0.15, -0.1) is 0 Å². The minimum Gasteiger partial charge on any atom is -0.496 e. The normalized spacial score (nSPS) is 20.6. The summed E-state index contributed by atoms with van der Waals surface area (Å²) < 4.78 is 28.5. The van der Waals surface area contributed by atoms with Gasteiger partial charge in [0.15, 0.2) is 9.84 Å². The molecule has 114 valence electrons. The van der Waals surface area contributed by atoms with Gasteiger partial charge in [-0.05, 0) is 46.1 Å². The van der Waals surface area contributed by atoms with Crippen LogP contribution in [0.15, 0.2) is 27.8 Å². The number of halogens is 1. The van der Waals surface area contributed by atoms with Crippen LogP contribution in [0, 0.1) is 5.92 Å². The van der Waals surface area contributed by atoms with Crippen LogP contribution in [0.2, 0.25) is 0 Å². The van der Waals surface area contributed by atoms with Gasteiger partial charge in [0, 0.05) is 0 Å². The summed E-state index contributed by atoms with van der Waals surface area (Å²) in [5.41, 5.74) is 3.16. The molecule has 1 fully saturated rings. The molecule has 0 bridgehead atoms. The van der Waals surface area contributed by atoms with Crippen LogP contribution in [0.3, 0.4) is 0 Å². The quantitative estimate of drug-likeness (QED) is 0.636. The number of rotatable bonds is 4. The second-order valence-corrected chi connectivity index (χ2v) is 7.81. The van der Waals surface area contributed by atoms with Crippen molar-refractivity contribution in [3.8, 4) is 5.75 Å². The fraction of sp³-hybridized carbons (Fsp3) is 0.385. The van der Waals surface area contributed by atoms with E-state index in [2.05, 4.69) is 26.5 Å². The molecular weight excluding hydrogens is 360 g/mol. The van der Waals surface area contributed by atoms with Gasteiger partial charge in [-0.3, -0.25) is 4.79 Å². The molecule has 8 heteroatoms. The summed E-state index contributed by atoms with van der Waals surface area (Å²) in [4.78, 5) is 11.8. The van der Waals surface area contributed by atoms with E-state index in [0.717, 1.165) is 10.0 Å². The Balaban J connectivity index is 1.93. The molecule has 1 amide bonds. The molecule has 1 saturated heterocycles. The third kappa shape index (κ3) is 4.28. The van der Waals surface area contributed by atoms with Crippen molar-refractivity contribution in [1.29, 1.82) is 0 Å². The Morgan fingerprint density at radius 2 is 2.29 bits per heavy atom. The topological polar surface area (TPSA) is 84.8 Å². The minimum atomic E-state index is -3.06. The number of carbonyl (C=O) groups excluding carboxylic acids is 1. The monoisotopic (exact) mass is 374 g/mol. The summed E-state index contributed by atoms with van der Waals surface area (Å²) in [6, 6.07) is 5.37. The number of ether oxygens (including phenoxy) is 1. The fourth-order valence-corrected chi connectivity index (χ4v) is 4.33. The molecule has 0 aliphatic carbocycles. The van der Waals surface area contributed by atoms with Crippen LogP contribution in [0.4, 0.5) is 0 Å². The van der Waals surface area contributed by atoms with Gasteiger partial charge in [0.25, 0.3) is 0 Å². The van der Waals surface area contributed by atoms with E-state index >= 15 is 0 Å². The van der Waals surface area contributed by atoms with E-state index in [4.69, 9.17) is 4.74 Å². The van der Waals surface area contributed by atoms with Crippen molar-refractivity contribution in [1.82, 2.24) is 5.43 Å². The van der Waals surface area contributed by atoms with Crippen LogP contribution >= 0.6 is 15.9 Å². The second-order valence-electron chi connectivity index (χ2n) is 4.73. The van der Waals surface area contributed by atoms with Gasteiger partial charge in [0.05, 0.1) is 35.2 Å². The Labute approximate surface area is 131 Å². The molecule has 0 spiro atoms. The predicted octanol–water partition coefficient (Wildman–Crippen LogP) is 1.34. The summed E-state index contributed by atoms with van der Waals surface area (Å²) in [6.07, 6.45) is 1.85. The number of amides is 1. The van der Waals surface area contributed by atoms with E-state index in [1.54, 1.807) is 25.3 Å². The van der Waals surface area contributed by atoms with Crippen molar-refractivity contribution in [3.63, 3.8) is 0 Å².